The van der Waals surface area contributed by atoms with E-state index in [1.807, 2.05) is 0 Å². The maximum Gasteiger partial charge on any atom is 0.139 e. The molecule has 0 aromatic heterocycles. The molecule has 1 aromatic rings. The zero-order valence-electron chi connectivity index (χ0n) is 17.2. The van der Waals surface area contributed by atoms with Gasteiger partial charge in [-0.25, -0.2) is 0 Å². The van der Waals surface area contributed by atoms with Gasteiger partial charge in [0.2, 0.25) is 0 Å². The Bertz CT molecular complexity index is 750. The number of benzene rings is 1. The van der Waals surface area contributed by atoms with Crippen LogP contribution in [0.4, 0.5) is 4.39 Å². The van der Waals surface area contributed by atoms with Crippen molar-refractivity contribution in [2.24, 2.45) is 22.7 Å². The molecule has 0 spiro atoms. The van der Waals surface area contributed by atoms with E-state index in [1.54, 1.807) is 0 Å². The summed E-state index contributed by atoms with van der Waals surface area (Å²) in [5.74, 6) is 1.49. The summed E-state index contributed by atoms with van der Waals surface area (Å²) >= 11 is 0. The van der Waals surface area contributed by atoms with Crippen LogP contribution in [0.25, 0.3) is 0 Å². The average molecular weight is 384 g/mol. The number of ketones is 1. The summed E-state index contributed by atoms with van der Waals surface area (Å²) in [5.41, 5.74) is 0.843. The maximum absolute atomic E-state index is 14.4. The molecule has 0 amide bonds. The Morgan fingerprint density at radius 1 is 1.14 bits per heavy atom. The Labute approximate surface area is 168 Å². The van der Waals surface area contributed by atoms with Gasteiger partial charge < -0.3 is 5.32 Å². The molecule has 2 nitrogen and oxygen atoms in total. The van der Waals surface area contributed by atoms with Crippen molar-refractivity contribution in [1.29, 1.82) is 0 Å². The van der Waals surface area contributed by atoms with Crippen LogP contribution >= 0.6 is 0 Å². The summed E-state index contributed by atoms with van der Waals surface area (Å²) in [6.45, 7) is 3.00. The standard InChI is InChI=1S/C25H34FNO/c1-18-9-19(7-8-27-18)10-22(28)25-13-20-11-23(15-25,17-26)14-24(12-20,16-25)21-5-3-2-4-6-21/h2-6,18-20,27H,7-17H2,1H3/t18-,19+,20?,23+,24-,25?/m1/s1. The Balaban J connectivity index is 1.46. The number of nitrogens with one attached hydrogen (secondary N) is 1. The average Bonchev–Trinajstić information content (AvgIpc) is 2.68. The summed E-state index contributed by atoms with van der Waals surface area (Å²) in [4.78, 5) is 13.8. The van der Waals surface area contributed by atoms with E-state index in [-0.39, 0.29) is 22.9 Å². The van der Waals surface area contributed by atoms with Crippen LogP contribution in [0.1, 0.15) is 70.3 Å². The molecule has 4 aliphatic carbocycles. The van der Waals surface area contributed by atoms with E-state index in [2.05, 4.69) is 42.6 Å². The van der Waals surface area contributed by atoms with Gasteiger partial charge in [0.1, 0.15) is 5.78 Å². The van der Waals surface area contributed by atoms with Gasteiger partial charge in [0.25, 0.3) is 0 Å². The molecule has 1 aliphatic heterocycles. The topological polar surface area (TPSA) is 29.1 Å². The van der Waals surface area contributed by atoms with Crippen molar-refractivity contribution in [1.82, 2.24) is 5.32 Å². The molecule has 5 aliphatic rings. The van der Waals surface area contributed by atoms with Crippen LogP contribution in [0.2, 0.25) is 0 Å². The number of hydrogen-bond donors (Lipinski definition) is 1. The van der Waals surface area contributed by atoms with Crippen LogP contribution in [-0.4, -0.2) is 25.0 Å². The zero-order valence-corrected chi connectivity index (χ0v) is 17.2. The number of carbonyl (C=O) groups is 1. The summed E-state index contributed by atoms with van der Waals surface area (Å²) in [5, 5.41) is 3.50. The molecule has 3 heteroatoms. The van der Waals surface area contributed by atoms with Gasteiger partial charge in [-0.3, -0.25) is 9.18 Å². The van der Waals surface area contributed by atoms with Gasteiger partial charge in [-0.15, -0.1) is 0 Å². The smallest absolute Gasteiger partial charge is 0.139 e. The normalized spacial score (nSPS) is 44.6. The number of piperidine rings is 1. The van der Waals surface area contributed by atoms with Crippen molar-refractivity contribution in [3.8, 4) is 0 Å². The van der Waals surface area contributed by atoms with Gasteiger partial charge in [0.05, 0.1) is 6.67 Å². The fourth-order valence-corrected chi connectivity index (χ4v) is 8.11. The molecule has 1 saturated heterocycles. The molecular formula is C25H34FNO. The number of halogens is 1. The lowest BCUT2D eigenvalue weighted by Crippen LogP contribution is -2.61. The van der Waals surface area contributed by atoms with Gasteiger partial charge in [-0.1, -0.05) is 30.3 Å². The molecule has 152 valence electrons. The predicted octanol–water partition coefficient (Wildman–Crippen LogP) is 5.21. The number of rotatable bonds is 5. The molecule has 1 heterocycles. The highest BCUT2D eigenvalue weighted by Gasteiger charge is 2.65. The lowest BCUT2D eigenvalue weighted by Gasteiger charge is -2.66. The van der Waals surface area contributed by atoms with Crippen molar-refractivity contribution < 1.29 is 9.18 Å². The quantitative estimate of drug-likeness (QED) is 0.756. The van der Waals surface area contributed by atoms with Gasteiger partial charge >= 0.3 is 0 Å². The molecule has 4 bridgehead atoms. The predicted molar refractivity (Wildman–Crippen MR) is 110 cm³/mol. The van der Waals surface area contributed by atoms with E-state index in [0.29, 0.717) is 30.1 Å². The van der Waals surface area contributed by atoms with Crippen LogP contribution < -0.4 is 5.32 Å². The molecule has 2 unspecified atom stereocenters. The van der Waals surface area contributed by atoms with Crippen molar-refractivity contribution in [3.63, 3.8) is 0 Å². The molecule has 1 N–H and O–H groups in total. The number of alkyl halides is 1. The highest BCUT2D eigenvalue weighted by Crippen LogP contribution is 2.70. The summed E-state index contributed by atoms with van der Waals surface area (Å²) < 4.78 is 14.4. The second-order valence-corrected chi connectivity index (χ2v) is 10.9. The van der Waals surface area contributed by atoms with Gasteiger partial charge in [-0.2, -0.15) is 0 Å². The van der Waals surface area contributed by atoms with Crippen molar-refractivity contribution in [3.05, 3.63) is 35.9 Å². The number of Topliss-reactive ketones (excluding diaryl/α,β-unsaturated/α-hetero) is 1. The molecule has 4 saturated carbocycles. The van der Waals surface area contributed by atoms with Crippen LogP contribution in [0, 0.1) is 22.7 Å². The fourth-order valence-electron chi connectivity index (χ4n) is 8.11. The lowest BCUT2D eigenvalue weighted by atomic mass is 9.38. The van der Waals surface area contributed by atoms with E-state index in [0.717, 1.165) is 57.9 Å². The van der Waals surface area contributed by atoms with Crippen LogP contribution in [-0.2, 0) is 10.2 Å². The maximum atomic E-state index is 14.4. The molecule has 0 radical (unpaired) electrons. The van der Waals surface area contributed by atoms with Crippen molar-refractivity contribution in [2.45, 2.75) is 76.2 Å². The zero-order chi connectivity index (χ0) is 19.4. The minimum Gasteiger partial charge on any atom is -0.314 e. The highest BCUT2D eigenvalue weighted by atomic mass is 19.1. The van der Waals surface area contributed by atoms with E-state index in [1.165, 1.54) is 5.56 Å². The Morgan fingerprint density at radius 2 is 1.96 bits per heavy atom. The molecule has 28 heavy (non-hydrogen) atoms. The van der Waals surface area contributed by atoms with Crippen molar-refractivity contribution >= 4 is 5.78 Å². The molecule has 6 atom stereocenters. The second kappa shape index (κ2) is 6.65. The first-order valence-corrected chi connectivity index (χ1v) is 11.3. The lowest BCUT2D eigenvalue weighted by molar-refractivity contribution is -0.164. The van der Waals surface area contributed by atoms with E-state index in [4.69, 9.17) is 0 Å². The van der Waals surface area contributed by atoms with Crippen LogP contribution in [0.3, 0.4) is 0 Å². The van der Waals surface area contributed by atoms with Crippen LogP contribution in [0.5, 0.6) is 0 Å². The second-order valence-electron chi connectivity index (χ2n) is 10.9. The van der Waals surface area contributed by atoms with Gasteiger partial charge in [-0.05, 0) is 87.6 Å². The monoisotopic (exact) mass is 383 g/mol. The Kier molecular flexibility index (Phi) is 4.46. The third-order valence-electron chi connectivity index (χ3n) is 8.65. The fraction of sp³-hybridized carbons (Fsp3) is 0.720. The third kappa shape index (κ3) is 2.96. The van der Waals surface area contributed by atoms with E-state index < -0.39 is 0 Å². The number of carbonyl (C=O) groups excluding carboxylic acids is 1. The molecule has 1 aromatic carbocycles. The minimum absolute atomic E-state index is 0.0177. The largest absolute Gasteiger partial charge is 0.314 e. The number of hydrogen-bond acceptors (Lipinski definition) is 2. The summed E-state index contributed by atoms with van der Waals surface area (Å²) in [7, 11) is 0. The van der Waals surface area contributed by atoms with Gasteiger partial charge in [0.15, 0.2) is 0 Å². The molecular weight excluding hydrogens is 349 g/mol. The van der Waals surface area contributed by atoms with E-state index in [9.17, 15) is 9.18 Å². The van der Waals surface area contributed by atoms with Crippen molar-refractivity contribution in [2.75, 3.05) is 13.2 Å². The van der Waals surface area contributed by atoms with Crippen LogP contribution in [0.15, 0.2) is 30.3 Å². The first-order chi connectivity index (χ1) is 13.5. The molecule has 6 rings (SSSR count). The Hall–Kier alpha value is -1.22. The highest BCUT2D eigenvalue weighted by molar-refractivity contribution is 5.86. The van der Waals surface area contributed by atoms with Gasteiger partial charge in [0, 0.05) is 23.3 Å². The first-order valence-electron chi connectivity index (χ1n) is 11.3. The summed E-state index contributed by atoms with van der Waals surface area (Å²) in [6, 6.07) is 11.3. The van der Waals surface area contributed by atoms with E-state index >= 15 is 0 Å². The summed E-state index contributed by atoms with van der Waals surface area (Å²) in [6.07, 6.45) is 8.79. The first kappa shape index (κ1) is 18.8. The third-order valence-corrected chi connectivity index (χ3v) is 8.65. The minimum atomic E-state index is -0.268. The Morgan fingerprint density at radius 3 is 2.71 bits per heavy atom. The molecule has 5 fully saturated rings. The SMILES string of the molecule is C[C@@H]1C[C@@H](CC(=O)C23CC4C[C@@](CF)(C2)C[C@](c2ccccc2)(C4)C3)CCN1.